The van der Waals surface area contributed by atoms with Gasteiger partial charge in [0.05, 0.1) is 27.6 Å². The van der Waals surface area contributed by atoms with E-state index >= 15 is 0 Å². The molecule has 0 unspecified atom stereocenters. The van der Waals surface area contributed by atoms with E-state index in [9.17, 15) is 10.1 Å². The Morgan fingerprint density at radius 2 is 2.17 bits per heavy atom. The van der Waals surface area contributed by atoms with Crippen molar-refractivity contribution >= 4 is 17.4 Å². The molecule has 18 heavy (non-hydrogen) atoms. The largest absolute Gasteiger partial charge is 0.468 e. The smallest absolute Gasteiger partial charge is 0.283 e. The predicted molar refractivity (Wildman–Crippen MR) is 66.6 cm³/mol. The highest BCUT2D eigenvalue weighted by molar-refractivity contribution is 7.99. The normalized spacial score (nSPS) is 10.6. The molecule has 0 fully saturated rings. The van der Waals surface area contributed by atoms with Gasteiger partial charge in [-0.3, -0.25) is 10.1 Å². The molecule has 0 spiro atoms. The molecule has 2 aromatic rings. The molecule has 0 radical (unpaired) electrons. The van der Waals surface area contributed by atoms with Gasteiger partial charge in [-0.25, -0.2) is 0 Å². The van der Waals surface area contributed by atoms with Gasteiger partial charge in [0.15, 0.2) is 0 Å². The first kappa shape index (κ1) is 12.7. The van der Waals surface area contributed by atoms with Crippen molar-refractivity contribution in [3.8, 4) is 0 Å². The maximum atomic E-state index is 11.0. The number of nitro groups is 1. The number of furan rings is 1. The number of benzene rings is 1. The fourth-order valence-corrected chi connectivity index (χ4v) is 2.41. The zero-order valence-corrected chi connectivity index (χ0v) is 10.4. The van der Waals surface area contributed by atoms with Gasteiger partial charge in [-0.05, 0) is 24.6 Å². The molecule has 0 atom stereocenters. The average Bonchev–Trinajstić information content (AvgIpc) is 2.75. The molecular formula is C12H11NO4S. The second kappa shape index (κ2) is 5.24. The molecule has 2 rings (SSSR count). The van der Waals surface area contributed by atoms with Crippen molar-refractivity contribution in [1.82, 2.24) is 0 Å². The lowest BCUT2D eigenvalue weighted by molar-refractivity contribution is -0.387. The molecular weight excluding hydrogens is 254 g/mol. The second-order valence-corrected chi connectivity index (χ2v) is 4.74. The van der Waals surface area contributed by atoms with Gasteiger partial charge in [-0.15, -0.1) is 0 Å². The number of hydrogen-bond acceptors (Lipinski definition) is 5. The van der Waals surface area contributed by atoms with Gasteiger partial charge >= 0.3 is 0 Å². The third-order valence-electron chi connectivity index (χ3n) is 2.43. The highest BCUT2D eigenvalue weighted by Gasteiger charge is 2.17. The van der Waals surface area contributed by atoms with Gasteiger partial charge < -0.3 is 9.52 Å². The minimum Gasteiger partial charge on any atom is -0.468 e. The monoisotopic (exact) mass is 265 g/mol. The predicted octanol–water partition coefficient (Wildman–Crippen LogP) is 3.14. The van der Waals surface area contributed by atoms with E-state index in [1.54, 1.807) is 31.4 Å². The van der Waals surface area contributed by atoms with E-state index in [1.165, 1.54) is 17.8 Å². The number of hydrogen-bond donors (Lipinski definition) is 1. The summed E-state index contributed by atoms with van der Waals surface area (Å²) >= 11 is 1.28. The Hall–Kier alpha value is -1.79. The van der Waals surface area contributed by atoms with Gasteiger partial charge in [0.2, 0.25) is 0 Å². The molecule has 0 saturated carbocycles. The van der Waals surface area contributed by atoms with E-state index in [0.717, 1.165) is 10.7 Å². The minimum atomic E-state index is -0.448. The van der Waals surface area contributed by atoms with Crippen molar-refractivity contribution in [2.75, 3.05) is 0 Å². The van der Waals surface area contributed by atoms with Crippen LogP contribution >= 0.6 is 11.8 Å². The topological polar surface area (TPSA) is 76.5 Å². The van der Waals surface area contributed by atoms with E-state index in [0.29, 0.717) is 10.5 Å². The molecule has 5 nitrogen and oxygen atoms in total. The van der Waals surface area contributed by atoms with Crippen LogP contribution < -0.4 is 0 Å². The van der Waals surface area contributed by atoms with Gasteiger partial charge in [0.1, 0.15) is 5.76 Å². The van der Waals surface area contributed by atoms with Crippen molar-refractivity contribution < 1.29 is 14.4 Å². The van der Waals surface area contributed by atoms with Crippen LogP contribution in [0, 0.1) is 17.0 Å². The summed E-state index contributed by atoms with van der Waals surface area (Å²) in [5.41, 5.74) is 0.516. The third kappa shape index (κ3) is 2.55. The van der Waals surface area contributed by atoms with Gasteiger partial charge in [-0.1, -0.05) is 17.8 Å². The summed E-state index contributed by atoms with van der Waals surface area (Å²) in [6, 6.07) is 6.47. The van der Waals surface area contributed by atoms with Crippen LogP contribution in [0.3, 0.4) is 0 Å². The number of aliphatic hydroxyl groups excluding tert-OH is 1. The maximum Gasteiger partial charge on any atom is 0.283 e. The fourth-order valence-electron chi connectivity index (χ4n) is 1.49. The fraction of sp³-hybridized carbons (Fsp3) is 0.167. The van der Waals surface area contributed by atoms with Crippen LogP contribution in [0.15, 0.2) is 44.7 Å². The molecule has 0 bridgehead atoms. The first-order valence-electron chi connectivity index (χ1n) is 5.22. The zero-order valence-electron chi connectivity index (χ0n) is 9.62. The lowest BCUT2D eigenvalue weighted by Crippen LogP contribution is -1.93. The SMILES string of the molecule is Cc1occc1Sc1ccc(CO)cc1[N+](=O)[O-]. The molecule has 0 amide bonds. The Labute approximate surface area is 108 Å². The zero-order chi connectivity index (χ0) is 13.1. The van der Waals surface area contributed by atoms with Crippen LogP contribution in [-0.4, -0.2) is 10.0 Å². The van der Waals surface area contributed by atoms with E-state index < -0.39 is 4.92 Å². The lowest BCUT2D eigenvalue weighted by Gasteiger charge is -2.03. The lowest BCUT2D eigenvalue weighted by atomic mass is 10.2. The van der Waals surface area contributed by atoms with Crippen molar-refractivity contribution in [2.24, 2.45) is 0 Å². The van der Waals surface area contributed by atoms with E-state index in [-0.39, 0.29) is 12.3 Å². The number of nitrogens with zero attached hydrogens (tertiary/aromatic N) is 1. The minimum absolute atomic E-state index is 0.00727. The summed E-state index contributed by atoms with van der Waals surface area (Å²) in [7, 11) is 0. The van der Waals surface area contributed by atoms with Crippen LogP contribution in [0.4, 0.5) is 5.69 Å². The van der Waals surface area contributed by atoms with Crippen molar-refractivity contribution in [2.45, 2.75) is 23.3 Å². The Kier molecular flexibility index (Phi) is 3.69. The average molecular weight is 265 g/mol. The van der Waals surface area contributed by atoms with Crippen molar-refractivity contribution in [3.05, 3.63) is 52.0 Å². The van der Waals surface area contributed by atoms with E-state index in [1.807, 2.05) is 0 Å². The Morgan fingerprint density at radius 3 is 2.72 bits per heavy atom. The number of rotatable bonds is 4. The Bertz CT molecular complexity index is 579. The number of nitro benzene ring substituents is 1. The standard InChI is InChI=1S/C12H11NO4S/c1-8-11(4-5-17-8)18-12-3-2-9(7-14)6-10(12)13(15)16/h2-6,14H,7H2,1H3. The molecule has 0 aliphatic carbocycles. The molecule has 94 valence electrons. The molecule has 0 aliphatic rings. The molecule has 0 aliphatic heterocycles. The third-order valence-corrected chi connectivity index (χ3v) is 3.64. The molecule has 0 saturated heterocycles. The van der Waals surface area contributed by atoms with Gasteiger partial charge in [0, 0.05) is 6.07 Å². The van der Waals surface area contributed by atoms with E-state index in [2.05, 4.69) is 0 Å². The molecule has 1 aromatic carbocycles. The van der Waals surface area contributed by atoms with Gasteiger partial charge in [0.25, 0.3) is 5.69 Å². The van der Waals surface area contributed by atoms with Crippen LogP contribution in [0.2, 0.25) is 0 Å². The second-order valence-electron chi connectivity index (χ2n) is 3.66. The van der Waals surface area contributed by atoms with Crippen molar-refractivity contribution in [3.63, 3.8) is 0 Å². The molecule has 1 aromatic heterocycles. The highest BCUT2D eigenvalue weighted by Crippen LogP contribution is 2.37. The summed E-state index contributed by atoms with van der Waals surface area (Å²) in [6.07, 6.45) is 1.55. The maximum absolute atomic E-state index is 11.0. The highest BCUT2D eigenvalue weighted by atomic mass is 32.2. The molecule has 1 heterocycles. The summed E-state index contributed by atoms with van der Waals surface area (Å²) in [5.74, 6) is 0.723. The van der Waals surface area contributed by atoms with Crippen LogP contribution in [-0.2, 0) is 6.61 Å². The summed E-state index contributed by atoms with van der Waals surface area (Å²) in [4.78, 5) is 11.9. The Morgan fingerprint density at radius 1 is 1.39 bits per heavy atom. The number of aryl methyl sites for hydroxylation is 1. The van der Waals surface area contributed by atoms with Crippen LogP contribution in [0.5, 0.6) is 0 Å². The van der Waals surface area contributed by atoms with Gasteiger partial charge in [-0.2, -0.15) is 0 Å². The van der Waals surface area contributed by atoms with E-state index in [4.69, 9.17) is 9.52 Å². The first-order valence-corrected chi connectivity index (χ1v) is 6.03. The van der Waals surface area contributed by atoms with Crippen molar-refractivity contribution in [1.29, 1.82) is 0 Å². The summed E-state index contributed by atoms with van der Waals surface area (Å²) in [6.45, 7) is 1.59. The summed E-state index contributed by atoms with van der Waals surface area (Å²) < 4.78 is 5.15. The molecule has 1 N–H and O–H groups in total. The quantitative estimate of drug-likeness (QED) is 0.678. The first-order chi connectivity index (χ1) is 8.61. The van der Waals surface area contributed by atoms with Crippen LogP contribution in [0.25, 0.3) is 0 Å². The number of aliphatic hydroxyl groups is 1. The summed E-state index contributed by atoms with van der Waals surface area (Å²) in [5, 5.41) is 20.0. The van der Waals surface area contributed by atoms with Crippen LogP contribution in [0.1, 0.15) is 11.3 Å². The Balaban J connectivity index is 2.38. The molecule has 6 heteroatoms.